The topological polar surface area (TPSA) is 100 Å². The molecule has 0 aromatic heterocycles. The summed E-state index contributed by atoms with van der Waals surface area (Å²) in [4.78, 5) is 19.1. The van der Waals surface area contributed by atoms with Crippen LogP contribution in [0.5, 0.6) is 0 Å². The smallest absolute Gasteiger partial charge is 0.550 e. The molecule has 0 aliphatic carbocycles. The molecule has 6 heteroatoms. The number of aliphatic hydroxyl groups is 1. The van der Waals surface area contributed by atoms with Gasteiger partial charge in [-0.1, -0.05) is 0 Å². The molecule has 0 spiro atoms. The molecule has 1 atom stereocenters. The van der Waals surface area contributed by atoms with Gasteiger partial charge in [-0.05, 0) is 0 Å². The van der Waals surface area contributed by atoms with Crippen molar-refractivity contribution in [2.45, 2.75) is 12.5 Å². The molecule has 0 aliphatic rings. The van der Waals surface area contributed by atoms with Crippen molar-refractivity contribution in [1.82, 2.24) is 0 Å². The first-order chi connectivity index (χ1) is 4.04. The summed E-state index contributed by atoms with van der Waals surface area (Å²) in [5, 5.41) is 27.3. The zero-order valence-electron chi connectivity index (χ0n) is 5.07. The molecule has 0 fully saturated rings. The van der Waals surface area contributed by atoms with Gasteiger partial charge < -0.3 is 24.9 Å². The van der Waals surface area contributed by atoms with E-state index in [2.05, 4.69) is 0 Å². The average molecular weight is 220 g/mol. The number of carboxylic acids is 2. The van der Waals surface area contributed by atoms with Crippen LogP contribution in [0.2, 0.25) is 0 Å². The standard InChI is InChI=1S/C4H6O5.Sr/c5-2(4(8)9)1-3(6)7;/h2,5H,1H2,(H,6,7)(H,8,9);/q;+2/p-2. The first kappa shape index (κ1) is 13.0. The van der Waals surface area contributed by atoms with E-state index in [4.69, 9.17) is 5.11 Å². The van der Waals surface area contributed by atoms with Gasteiger partial charge in [-0.2, -0.15) is 0 Å². The monoisotopic (exact) mass is 220 g/mol. The Morgan fingerprint density at radius 3 is 1.90 bits per heavy atom. The van der Waals surface area contributed by atoms with Gasteiger partial charge in [0.1, 0.15) is 0 Å². The maximum atomic E-state index is 9.58. The van der Waals surface area contributed by atoms with Crippen molar-refractivity contribution < 1.29 is 24.9 Å². The third-order valence-electron chi connectivity index (χ3n) is 0.632. The Morgan fingerprint density at radius 2 is 1.80 bits per heavy atom. The summed E-state index contributed by atoms with van der Waals surface area (Å²) in [5.74, 6) is -3.43. The van der Waals surface area contributed by atoms with E-state index in [1.54, 1.807) is 0 Å². The van der Waals surface area contributed by atoms with Gasteiger partial charge in [0.2, 0.25) is 0 Å². The van der Waals surface area contributed by atoms with Crippen LogP contribution in [0.1, 0.15) is 6.42 Å². The second-order valence-corrected chi connectivity index (χ2v) is 1.41. The number of carbonyl (C=O) groups is 2. The van der Waals surface area contributed by atoms with Crippen LogP contribution in [0.3, 0.4) is 0 Å². The average Bonchev–Trinajstić information content (AvgIpc) is 1.63. The molecule has 1 unspecified atom stereocenters. The van der Waals surface area contributed by atoms with E-state index in [-0.39, 0.29) is 45.5 Å². The summed E-state index contributed by atoms with van der Waals surface area (Å²) in [5.41, 5.74) is 0. The first-order valence-electron chi connectivity index (χ1n) is 2.13. The maximum absolute atomic E-state index is 9.58. The van der Waals surface area contributed by atoms with E-state index in [0.717, 1.165) is 0 Å². The Labute approximate surface area is 93.9 Å². The quantitative estimate of drug-likeness (QED) is 0.486. The van der Waals surface area contributed by atoms with Crippen LogP contribution in [0.4, 0.5) is 0 Å². The predicted octanol–water partition coefficient (Wildman–Crippen LogP) is -4.14. The number of rotatable bonds is 3. The van der Waals surface area contributed by atoms with Gasteiger partial charge in [0, 0.05) is 12.4 Å². The third-order valence-corrected chi connectivity index (χ3v) is 0.632. The predicted molar refractivity (Wildman–Crippen MR) is 26.4 cm³/mol. The number of hydrogen-bond donors (Lipinski definition) is 1. The van der Waals surface area contributed by atoms with E-state index in [9.17, 15) is 19.8 Å². The Balaban J connectivity index is 0. The molecule has 1 N–H and O–H groups in total. The molecule has 0 rings (SSSR count). The Bertz CT molecular complexity index is 134. The first-order valence-corrected chi connectivity index (χ1v) is 2.13. The van der Waals surface area contributed by atoms with Gasteiger partial charge in [-0.15, -0.1) is 0 Å². The van der Waals surface area contributed by atoms with Crippen LogP contribution in [0.25, 0.3) is 0 Å². The fraction of sp³-hybridized carbons (Fsp3) is 0.500. The van der Waals surface area contributed by atoms with Crippen LogP contribution < -0.4 is 10.2 Å². The van der Waals surface area contributed by atoms with E-state index < -0.39 is 24.5 Å². The number of aliphatic hydroxyl groups excluding tert-OH is 1. The number of aliphatic carboxylic acids is 2. The van der Waals surface area contributed by atoms with Crippen molar-refractivity contribution in [3.8, 4) is 0 Å². The molecule has 0 aromatic carbocycles. The van der Waals surface area contributed by atoms with Crippen LogP contribution in [-0.4, -0.2) is 68.6 Å². The van der Waals surface area contributed by atoms with Crippen LogP contribution in [-0.2, 0) is 9.59 Å². The number of hydrogen-bond acceptors (Lipinski definition) is 5. The summed E-state index contributed by atoms with van der Waals surface area (Å²) in [6.45, 7) is 0. The molecule has 0 heterocycles. The van der Waals surface area contributed by atoms with Crippen molar-refractivity contribution in [1.29, 1.82) is 0 Å². The van der Waals surface area contributed by atoms with Crippen molar-refractivity contribution in [2.75, 3.05) is 0 Å². The molecule has 0 amide bonds. The van der Waals surface area contributed by atoms with E-state index >= 15 is 0 Å². The van der Waals surface area contributed by atoms with Crippen LogP contribution in [0, 0.1) is 0 Å². The largest absolute Gasteiger partial charge is 2.00 e. The maximum Gasteiger partial charge on any atom is 2.00 e. The van der Waals surface area contributed by atoms with Gasteiger partial charge in [-0.25, -0.2) is 0 Å². The van der Waals surface area contributed by atoms with Gasteiger partial charge >= 0.3 is 45.5 Å². The van der Waals surface area contributed by atoms with Crippen molar-refractivity contribution in [2.24, 2.45) is 0 Å². The van der Waals surface area contributed by atoms with Gasteiger partial charge in [0.05, 0.1) is 12.1 Å². The van der Waals surface area contributed by atoms with Crippen LogP contribution in [0.15, 0.2) is 0 Å². The fourth-order valence-electron chi connectivity index (χ4n) is 0.241. The Kier molecular flexibility index (Phi) is 7.95. The van der Waals surface area contributed by atoms with Crippen molar-refractivity contribution in [3.05, 3.63) is 0 Å². The minimum absolute atomic E-state index is 0. The van der Waals surface area contributed by atoms with Gasteiger partial charge in [-0.3, -0.25) is 0 Å². The summed E-state index contributed by atoms with van der Waals surface area (Å²) in [6, 6.07) is 0. The molecular formula is C4H4O5Sr. The molecule has 5 nitrogen and oxygen atoms in total. The zero-order valence-corrected chi connectivity index (χ0v) is 8.55. The van der Waals surface area contributed by atoms with Gasteiger partial charge in [0.25, 0.3) is 0 Å². The molecule has 0 aromatic rings. The molecule has 52 valence electrons. The minimum atomic E-state index is -1.96. The van der Waals surface area contributed by atoms with Gasteiger partial charge in [0.15, 0.2) is 0 Å². The van der Waals surface area contributed by atoms with E-state index in [1.165, 1.54) is 0 Å². The molecule has 10 heavy (non-hydrogen) atoms. The summed E-state index contributed by atoms with van der Waals surface area (Å²) in [6.07, 6.45) is -2.89. The molecule has 0 saturated carbocycles. The Morgan fingerprint density at radius 1 is 1.40 bits per heavy atom. The SMILES string of the molecule is O=C([O-])CC(O)C(=O)[O-].[Sr+2]. The van der Waals surface area contributed by atoms with E-state index in [0.29, 0.717) is 0 Å². The number of carbonyl (C=O) groups excluding carboxylic acids is 2. The van der Waals surface area contributed by atoms with Crippen LogP contribution >= 0.6 is 0 Å². The Hall–Kier alpha value is 0.381. The minimum Gasteiger partial charge on any atom is -0.550 e. The number of carboxylic acid groups (broad SMARTS) is 2. The fourth-order valence-corrected chi connectivity index (χ4v) is 0.241. The summed E-state index contributed by atoms with van der Waals surface area (Å²) in [7, 11) is 0. The molecule has 0 radical (unpaired) electrons. The summed E-state index contributed by atoms with van der Waals surface area (Å²) < 4.78 is 0. The molecular weight excluding hydrogens is 216 g/mol. The second-order valence-electron chi connectivity index (χ2n) is 1.41. The van der Waals surface area contributed by atoms with Crippen molar-refractivity contribution >= 4 is 57.4 Å². The molecule has 0 bridgehead atoms. The third kappa shape index (κ3) is 6.50. The normalized spacial score (nSPS) is 11.3. The van der Waals surface area contributed by atoms with E-state index in [1.807, 2.05) is 0 Å². The summed E-state index contributed by atoms with van der Waals surface area (Å²) >= 11 is 0. The van der Waals surface area contributed by atoms with Crippen molar-refractivity contribution in [3.63, 3.8) is 0 Å². The second kappa shape index (κ2) is 6.11. The molecule has 0 aliphatic heterocycles. The molecule has 0 saturated heterocycles. The zero-order chi connectivity index (χ0) is 7.44.